The third kappa shape index (κ3) is 9.52. The maximum atomic E-state index is 12.0. The molecule has 0 radical (unpaired) electrons. The molecular formula is C36H39N3O19. The van der Waals surface area contributed by atoms with Gasteiger partial charge in [0, 0.05) is 17.8 Å². The fraction of sp³-hybridized carbons (Fsp3) is 0.528. The van der Waals surface area contributed by atoms with Crippen molar-refractivity contribution in [2.24, 2.45) is 0 Å². The smallest absolute Gasteiger partial charge is 0.455 e. The lowest BCUT2D eigenvalue weighted by Gasteiger charge is -2.38. The number of carbonyl (C=O) groups excluding carboxylic acids is 5. The number of hydrogen-bond donors (Lipinski definition) is 1. The summed E-state index contributed by atoms with van der Waals surface area (Å²) in [5.41, 5.74) is 1.69. The molecule has 8 rings (SSSR count). The van der Waals surface area contributed by atoms with Crippen LogP contribution in [0.1, 0.15) is 6.42 Å². The molecule has 2 aromatic rings. The van der Waals surface area contributed by atoms with Gasteiger partial charge in [-0.05, 0) is 42.5 Å². The predicted molar refractivity (Wildman–Crippen MR) is 187 cm³/mol. The number of aliphatic hydroxyl groups is 1. The van der Waals surface area contributed by atoms with Gasteiger partial charge in [-0.3, -0.25) is 0 Å². The van der Waals surface area contributed by atoms with Gasteiger partial charge in [-0.25, -0.2) is 24.0 Å². The normalized spacial score (nSPS) is 27.5. The Bertz CT molecular complexity index is 1790. The summed E-state index contributed by atoms with van der Waals surface area (Å²) in [6, 6.07) is 12.2. The lowest BCUT2D eigenvalue weighted by molar-refractivity contribution is -0.310. The first kappa shape index (κ1) is 38.7. The predicted octanol–water partition coefficient (Wildman–Crippen LogP) is 2.61. The first-order valence-corrected chi connectivity index (χ1v) is 18.4. The van der Waals surface area contributed by atoms with Gasteiger partial charge in [0.2, 0.25) is 0 Å². The molecule has 6 aliphatic heterocycles. The molecule has 0 saturated carbocycles. The quantitative estimate of drug-likeness (QED) is 0.189. The van der Waals surface area contributed by atoms with E-state index in [1.807, 2.05) is 4.90 Å². The fourth-order valence-corrected chi connectivity index (χ4v) is 7.03. The maximum Gasteiger partial charge on any atom is 0.508 e. The molecule has 1 N–H and O–H groups in total. The van der Waals surface area contributed by atoms with Crippen molar-refractivity contribution in [1.82, 2.24) is 0 Å². The molecule has 22 nitrogen and oxygen atoms in total. The van der Waals surface area contributed by atoms with Gasteiger partial charge in [-0.15, -0.1) is 0 Å². The Balaban J connectivity index is 1.11. The Morgan fingerprint density at radius 1 is 0.569 bits per heavy atom. The van der Waals surface area contributed by atoms with Crippen molar-refractivity contribution >= 4 is 47.8 Å². The van der Waals surface area contributed by atoms with Crippen LogP contribution >= 0.6 is 0 Å². The summed E-state index contributed by atoms with van der Waals surface area (Å²) in [5.74, 6) is 0.732. The summed E-state index contributed by atoms with van der Waals surface area (Å²) in [6.07, 6.45) is -7.59. The summed E-state index contributed by atoms with van der Waals surface area (Å²) in [6.45, 7) is -0.524. The molecule has 0 aliphatic carbocycles. The first-order chi connectivity index (χ1) is 28.1. The number of rotatable bonds is 16. The van der Waals surface area contributed by atoms with Crippen LogP contribution in [0.4, 0.5) is 41.0 Å². The van der Waals surface area contributed by atoms with Gasteiger partial charge in [0.15, 0.2) is 36.3 Å². The maximum absolute atomic E-state index is 12.0. The zero-order chi connectivity index (χ0) is 40.2. The molecule has 6 aliphatic rings. The van der Waals surface area contributed by atoms with Crippen molar-refractivity contribution < 1.29 is 90.7 Å². The van der Waals surface area contributed by atoms with Gasteiger partial charge in [0.25, 0.3) is 6.48 Å². The minimum Gasteiger partial charge on any atom is -0.455 e. The molecule has 6 saturated heterocycles. The van der Waals surface area contributed by atoms with E-state index in [4.69, 9.17) is 61.6 Å². The van der Waals surface area contributed by atoms with E-state index in [-0.39, 0.29) is 72.4 Å². The topological polar surface area (TPSA) is 235 Å². The van der Waals surface area contributed by atoms with Crippen molar-refractivity contribution in [2.45, 2.75) is 49.6 Å². The van der Waals surface area contributed by atoms with Gasteiger partial charge in [0.05, 0.1) is 45.0 Å². The summed E-state index contributed by atoms with van der Waals surface area (Å²) in [5, 5.41) is 10.2. The lowest BCUT2D eigenvalue weighted by Crippen LogP contribution is -2.48. The van der Waals surface area contributed by atoms with E-state index in [1.54, 1.807) is 52.3 Å². The molecule has 0 aromatic heterocycles. The highest BCUT2D eigenvalue weighted by Gasteiger charge is 2.37. The summed E-state index contributed by atoms with van der Waals surface area (Å²) < 4.78 is 69.2. The average Bonchev–Trinajstić information content (AvgIpc) is 4.06. The van der Waals surface area contributed by atoms with Crippen LogP contribution in [0.3, 0.4) is 0 Å². The summed E-state index contributed by atoms with van der Waals surface area (Å²) in [7, 11) is 0. The number of cyclic esters (lactones) is 10. The molecule has 0 amide bonds. The minimum absolute atomic E-state index is 0.00598. The standard InChI is InChI=1S/C36H39N3O19/c40-31-46-8-7-30(58-31)39(14-27-19-51-36(45)57-27)21-3-6-29(28(9-21)38(12-25-17-49-34(43)55-25)13-26-18-50-35(44)56-26)52-22-4-1-20(2-5-22)37(10-23-15-47-32(41)53-23)11-24-16-48-33(42)54-24/h1-6,9,23-27,30-31,40H,7-8,10-19H2. The Hall–Kier alpha value is -6.13. The van der Waals surface area contributed by atoms with Crippen LogP contribution in [0.25, 0.3) is 0 Å². The second kappa shape index (κ2) is 17.2. The van der Waals surface area contributed by atoms with Gasteiger partial charge >= 0.3 is 30.8 Å². The Morgan fingerprint density at radius 3 is 1.47 bits per heavy atom. The first-order valence-electron chi connectivity index (χ1n) is 18.4. The second-order valence-corrected chi connectivity index (χ2v) is 13.8. The summed E-state index contributed by atoms with van der Waals surface area (Å²) in [4.78, 5) is 64.5. The average molecular weight is 818 g/mol. The van der Waals surface area contributed by atoms with Gasteiger partial charge in [-0.1, -0.05) is 0 Å². The van der Waals surface area contributed by atoms with E-state index < -0.39 is 74.0 Å². The molecule has 2 aromatic carbocycles. The molecule has 6 fully saturated rings. The van der Waals surface area contributed by atoms with E-state index in [9.17, 15) is 29.1 Å². The molecule has 0 bridgehead atoms. The molecule has 0 spiro atoms. The van der Waals surface area contributed by atoms with E-state index in [2.05, 4.69) is 0 Å². The Morgan fingerprint density at radius 2 is 1.02 bits per heavy atom. The number of anilines is 3. The highest BCUT2D eigenvalue weighted by Crippen LogP contribution is 2.39. The number of ether oxygens (including phenoxy) is 13. The van der Waals surface area contributed by atoms with E-state index in [1.165, 1.54) is 0 Å². The highest BCUT2D eigenvalue weighted by atomic mass is 16.8. The molecular weight excluding hydrogens is 778 g/mol. The Labute approximate surface area is 329 Å². The summed E-state index contributed by atoms with van der Waals surface area (Å²) >= 11 is 0. The van der Waals surface area contributed by atoms with Crippen LogP contribution in [0.15, 0.2) is 42.5 Å². The zero-order valence-electron chi connectivity index (χ0n) is 30.7. The third-order valence-electron chi connectivity index (χ3n) is 9.64. The number of carbonyl (C=O) groups is 5. The third-order valence-corrected chi connectivity index (χ3v) is 9.64. The van der Waals surface area contributed by atoms with Crippen LogP contribution in [0, 0.1) is 0 Å². The monoisotopic (exact) mass is 817 g/mol. The number of hydrogen-bond acceptors (Lipinski definition) is 22. The van der Waals surface area contributed by atoms with Crippen molar-refractivity contribution in [3.63, 3.8) is 0 Å². The van der Waals surface area contributed by atoms with E-state index in [0.29, 0.717) is 35.0 Å². The van der Waals surface area contributed by atoms with Crippen molar-refractivity contribution in [3.8, 4) is 11.5 Å². The van der Waals surface area contributed by atoms with Gasteiger partial charge in [0.1, 0.15) is 45.0 Å². The molecule has 58 heavy (non-hydrogen) atoms. The fourth-order valence-electron chi connectivity index (χ4n) is 7.03. The van der Waals surface area contributed by atoms with Crippen molar-refractivity contribution in [2.75, 3.05) is 87.1 Å². The van der Waals surface area contributed by atoms with Crippen molar-refractivity contribution in [1.29, 1.82) is 0 Å². The second-order valence-electron chi connectivity index (χ2n) is 13.8. The van der Waals surface area contributed by atoms with Crippen LogP contribution in [0.5, 0.6) is 11.5 Å². The number of nitrogens with zero attached hydrogens (tertiary/aromatic N) is 3. The van der Waals surface area contributed by atoms with Crippen LogP contribution < -0.4 is 19.4 Å². The largest absolute Gasteiger partial charge is 0.508 e. The number of benzene rings is 2. The minimum atomic E-state index is -1.50. The molecule has 7 atom stereocenters. The van der Waals surface area contributed by atoms with Crippen LogP contribution in [-0.2, 0) is 56.8 Å². The molecule has 6 heterocycles. The number of aliphatic hydroxyl groups excluding tert-OH is 1. The van der Waals surface area contributed by atoms with Gasteiger partial charge in [-0.2, -0.15) is 0 Å². The lowest BCUT2D eigenvalue weighted by atomic mass is 10.1. The van der Waals surface area contributed by atoms with E-state index >= 15 is 0 Å². The van der Waals surface area contributed by atoms with E-state index in [0.717, 1.165) is 0 Å². The van der Waals surface area contributed by atoms with Crippen LogP contribution in [0.2, 0.25) is 0 Å². The molecule has 22 heteroatoms. The molecule has 312 valence electrons. The highest BCUT2D eigenvalue weighted by molar-refractivity contribution is 5.70. The Kier molecular flexibility index (Phi) is 11.5. The molecule has 7 unspecified atom stereocenters. The van der Waals surface area contributed by atoms with Crippen LogP contribution in [-0.4, -0.2) is 151 Å². The van der Waals surface area contributed by atoms with Crippen molar-refractivity contribution in [3.05, 3.63) is 42.5 Å². The SMILES string of the molecule is O=C1OCC(CN(CC2COC(=O)O2)c2ccc(Oc3ccc(N(CC4COC(=O)O4)C4CCOC(O)O4)cc3N(CC3COC(=O)O3)CC3COC(=O)O3)cc2)O1. The van der Waals surface area contributed by atoms with Gasteiger partial charge < -0.3 is 81.4 Å². The zero-order valence-corrected chi connectivity index (χ0v) is 30.7.